The maximum absolute atomic E-state index is 12.6. The third kappa shape index (κ3) is 6.15. The van der Waals surface area contributed by atoms with Crippen LogP contribution in [-0.4, -0.2) is 60.5 Å². The van der Waals surface area contributed by atoms with Crippen LogP contribution >= 0.6 is 0 Å². The second-order valence-electron chi connectivity index (χ2n) is 9.21. The predicted molar refractivity (Wildman–Crippen MR) is 143 cm³/mol. The molecule has 0 aliphatic heterocycles. The van der Waals surface area contributed by atoms with E-state index in [1.165, 1.54) is 18.7 Å². The quantitative estimate of drug-likeness (QED) is 0.115. The fraction of sp³-hybridized carbons (Fsp3) is 0.192. The summed E-state index contributed by atoms with van der Waals surface area (Å²) in [5.74, 6) is 2.95. The summed E-state index contributed by atoms with van der Waals surface area (Å²) in [5, 5.41) is 17.9. The predicted octanol–water partition coefficient (Wildman–Crippen LogP) is 3.16. The van der Waals surface area contributed by atoms with Gasteiger partial charge in [0.1, 0.15) is 24.5 Å². The number of nitrogens with one attached hydrogen (secondary N) is 2. The minimum atomic E-state index is -0.490. The number of imidazole rings is 1. The van der Waals surface area contributed by atoms with Crippen molar-refractivity contribution in [3.8, 4) is 12.3 Å². The van der Waals surface area contributed by atoms with E-state index >= 15 is 0 Å². The molecule has 12 nitrogen and oxygen atoms in total. The average molecular weight is 513 g/mol. The average Bonchev–Trinajstić information content (AvgIpc) is 3.23. The van der Waals surface area contributed by atoms with Crippen LogP contribution in [0, 0.1) is 22.5 Å². The van der Waals surface area contributed by atoms with Crippen molar-refractivity contribution in [2.45, 2.75) is 6.54 Å². The van der Waals surface area contributed by atoms with Crippen molar-refractivity contribution in [1.82, 2.24) is 24.5 Å². The summed E-state index contributed by atoms with van der Waals surface area (Å²) in [6, 6.07) is 9.07. The van der Waals surface area contributed by atoms with Crippen LogP contribution in [0.5, 0.6) is 0 Å². The summed E-state index contributed by atoms with van der Waals surface area (Å²) in [6.45, 7) is 0.824. The first-order valence-electron chi connectivity index (χ1n) is 11.5. The van der Waals surface area contributed by atoms with Crippen LogP contribution in [-0.2, 0) is 18.4 Å². The van der Waals surface area contributed by atoms with Crippen molar-refractivity contribution in [2.24, 2.45) is 7.05 Å². The Kier molecular flexibility index (Phi) is 7.40. The van der Waals surface area contributed by atoms with Crippen molar-refractivity contribution < 1.29 is 14.2 Å². The standard InChI is InChI=1S/C26H25N9O3/c1-5-18-8-6-9-19(12-18)31-25-20-13-23(27-14-21(20)28-16-29-25)32-24(36)10-7-11-35(3,4)15-22-26(34(37)38)30-17-33(22)2/h1,6-10,12-14,16-17H,11,15H2,2-4H3,(H-,27,28,29,31,32,36)/p+1. The molecule has 0 spiro atoms. The molecule has 12 heteroatoms. The second-order valence-corrected chi connectivity index (χ2v) is 9.21. The Hall–Kier alpha value is -5.15. The summed E-state index contributed by atoms with van der Waals surface area (Å²) in [5.41, 5.74) is 2.61. The smallest absolute Gasteiger partial charge is 0.358 e. The van der Waals surface area contributed by atoms with E-state index in [2.05, 4.69) is 36.5 Å². The number of amides is 1. The van der Waals surface area contributed by atoms with Gasteiger partial charge in [0.15, 0.2) is 5.69 Å². The summed E-state index contributed by atoms with van der Waals surface area (Å²) >= 11 is 0. The molecule has 0 aliphatic rings. The molecule has 38 heavy (non-hydrogen) atoms. The molecular formula is C26H26N9O3+. The van der Waals surface area contributed by atoms with E-state index < -0.39 is 4.92 Å². The van der Waals surface area contributed by atoms with Gasteiger partial charge in [-0.15, -0.1) is 6.42 Å². The van der Waals surface area contributed by atoms with Gasteiger partial charge in [-0.1, -0.05) is 12.0 Å². The summed E-state index contributed by atoms with van der Waals surface area (Å²) in [7, 11) is 5.55. The lowest BCUT2D eigenvalue weighted by atomic mass is 10.2. The highest BCUT2D eigenvalue weighted by molar-refractivity contribution is 6.00. The highest BCUT2D eigenvalue weighted by Crippen LogP contribution is 2.25. The first kappa shape index (κ1) is 25.9. The topological polar surface area (TPSA) is 141 Å². The maximum atomic E-state index is 12.6. The zero-order valence-electron chi connectivity index (χ0n) is 21.1. The molecule has 1 aromatic carbocycles. The van der Waals surface area contributed by atoms with Crippen molar-refractivity contribution in [2.75, 3.05) is 31.3 Å². The number of terminal acetylenes is 1. The fourth-order valence-corrected chi connectivity index (χ4v) is 3.81. The largest absolute Gasteiger partial charge is 0.390 e. The number of hydrogen-bond acceptors (Lipinski definition) is 8. The zero-order valence-corrected chi connectivity index (χ0v) is 21.1. The van der Waals surface area contributed by atoms with Gasteiger partial charge in [0.25, 0.3) is 0 Å². The van der Waals surface area contributed by atoms with Gasteiger partial charge in [0.05, 0.1) is 32.4 Å². The number of carbonyl (C=O) groups excluding carboxylic acids is 1. The van der Waals surface area contributed by atoms with Crippen molar-refractivity contribution in [1.29, 1.82) is 0 Å². The molecule has 1 amide bonds. The summed E-state index contributed by atoms with van der Waals surface area (Å²) in [4.78, 5) is 40.0. The zero-order chi connectivity index (χ0) is 27.3. The van der Waals surface area contributed by atoms with Crippen molar-refractivity contribution in [3.63, 3.8) is 0 Å². The van der Waals surface area contributed by atoms with Gasteiger partial charge < -0.3 is 29.8 Å². The van der Waals surface area contributed by atoms with Gasteiger partial charge in [-0.2, -0.15) is 0 Å². The van der Waals surface area contributed by atoms with Gasteiger partial charge in [0.2, 0.25) is 12.2 Å². The van der Waals surface area contributed by atoms with Gasteiger partial charge >= 0.3 is 5.82 Å². The molecule has 0 unspecified atom stereocenters. The highest BCUT2D eigenvalue weighted by Gasteiger charge is 2.26. The number of fused-ring (bicyclic) bond motifs is 1. The minimum absolute atomic E-state index is 0.163. The number of quaternary nitrogens is 1. The van der Waals surface area contributed by atoms with E-state index in [-0.39, 0.29) is 11.7 Å². The Balaban J connectivity index is 1.44. The first-order chi connectivity index (χ1) is 18.1. The van der Waals surface area contributed by atoms with Gasteiger partial charge in [0, 0.05) is 29.8 Å². The van der Waals surface area contributed by atoms with Gasteiger partial charge in [-0.25, -0.2) is 15.0 Å². The fourth-order valence-electron chi connectivity index (χ4n) is 3.81. The third-order valence-electron chi connectivity index (χ3n) is 5.72. The third-order valence-corrected chi connectivity index (χ3v) is 5.72. The number of carbonyl (C=O) groups is 1. The van der Waals surface area contributed by atoms with Crippen LogP contribution in [0.15, 0.2) is 61.3 Å². The van der Waals surface area contributed by atoms with Crippen LogP contribution < -0.4 is 10.6 Å². The molecule has 0 aliphatic carbocycles. The highest BCUT2D eigenvalue weighted by atomic mass is 16.6. The second kappa shape index (κ2) is 10.9. The molecule has 4 rings (SSSR count). The van der Waals surface area contributed by atoms with E-state index in [4.69, 9.17) is 6.42 Å². The van der Waals surface area contributed by atoms with E-state index in [0.717, 1.165) is 11.3 Å². The number of aromatic nitrogens is 5. The van der Waals surface area contributed by atoms with Crippen molar-refractivity contribution in [3.05, 3.63) is 82.7 Å². The molecule has 0 saturated carbocycles. The molecule has 192 valence electrons. The normalized spacial score (nSPS) is 11.4. The van der Waals surface area contributed by atoms with E-state index in [0.29, 0.717) is 45.8 Å². The minimum Gasteiger partial charge on any atom is -0.358 e. The number of nitrogens with zero attached hydrogens (tertiary/aromatic N) is 7. The SMILES string of the molecule is C#Cc1cccc(Nc2ncnc3cnc(NC(=O)C=CC[N+](C)(C)Cc4c([N+](=O)[O-])ncn4C)cc23)c1. The summed E-state index contributed by atoms with van der Waals surface area (Å²) < 4.78 is 2.02. The number of rotatable bonds is 9. The number of pyridine rings is 1. The van der Waals surface area contributed by atoms with Crippen LogP contribution in [0.2, 0.25) is 0 Å². The molecule has 0 saturated heterocycles. The Labute approximate surface area is 218 Å². The lowest BCUT2D eigenvalue weighted by Gasteiger charge is -2.27. The molecule has 0 radical (unpaired) electrons. The lowest BCUT2D eigenvalue weighted by molar-refractivity contribution is -0.898. The Morgan fingerprint density at radius 2 is 2.05 bits per heavy atom. The van der Waals surface area contributed by atoms with Gasteiger partial charge in [-0.3, -0.25) is 4.79 Å². The number of likely N-dealkylation sites (N-methyl/N-ethyl adjacent to an activating group) is 1. The monoisotopic (exact) mass is 512 g/mol. The molecule has 3 heterocycles. The molecule has 0 fully saturated rings. The number of aryl methyl sites for hydroxylation is 1. The molecule has 0 bridgehead atoms. The lowest BCUT2D eigenvalue weighted by Crippen LogP contribution is -2.39. The van der Waals surface area contributed by atoms with Crippen molar-refractivity contribution >= 4 is 40.0 Å². The van der Waals surface area contributed by atoms with E-state index in [1.807, 2.05) is 38.4 Å². The first-order valence-corrected chi connectivity index (χ1v) is 11.5. The van der Waals surface area contributed by atoms with E-state index in [9.17, 15) is 14.9 Å². The number of benzene rings is 1. The Morgan fingerprint density at radius 1 is 1.24 bits per heavy atom. The molecule has 4 aromatic rings. The maximum Gasteiger partial charge on any atom is 0.390 e. The number of nitro groups is 1. The van der Waals surface area contributed by atoms with Crippen LogP contribution in [0.4, 0.5) is 23.1 Å². The van der Waals surface area contributed by atoms with Crippen LogP contribution in [0.1, 0.15) is 11.3 Å². The molecule has 3 aromatic heterocycles. The molecular weight excluding hydrogens is 486 g/mol. The molecule has 2 N–H and O–H groups in total. The van der Waals surface area contributed by atoms with Crippen LogP contribution in [0.25, 0.3) is 10.9 Å². The van der Waals surface area contributed by atoms with Gasteiger partial charge in [-0.05, 0) is 40.2 Å². The van der Waals surface area contributed by atoms with E-state index in [1.54, 1.807) is 30.0 Å². The number of hydrogen-bond donors (Lipinski definition) is 2. The Morgan fingerprint density at radius 3 is 2.82 bits per heavy atom. The molecule has 0 atom stereocenters. The summed E-state index contributed by atoms with van der Waals surface area (Å²) in [6.07, 6.45) is 13.0. The number of anilines is 3. The van der Waals surface area contributed by atoms with Crippen LogP contribution in [0.3, 0.4) is 0 Å². The Bertz CT molecular complexity index is 1580.